The Bertz CT molecular complexity index is 600. The van der Waals surface area contributed by atoms with E-state index in [-0.39, 0.29) is 17.8 Å². The minimum Gasteiger partial charge on any atom is -0.480 e. The van der Waals surface area contributed by atoms with E-state index in [1.54, 1.807) is 6.07 Å². The first kappa shape index (κ1) is 13.9. The molecule has 1 atom stereocenters. The molecule has 1 rings (SSSR count). The Balaban J connectivity index is 3.21. The number of nitro groups is 1. The molecule has 19 heavy (non-hydrogen) atoms. The Morgan fingerprint density at radius 1 is 1.74 bits per heavy atom. The molecule has 0 aliphatic heterocycles. The topological polar surface area (TPSA) is 129 Å². The molecule has 0 aliphatic rings. The highest BCUT2D eigenvalue weighted by Crippen LogP contribution is 2.26. The van der Waals surface area contributed by atoms with Crippen molar-refractivity contribution >= 4 is 17.5 Å². The van der Waals surface area contributed by atoms with Crippen molar-refractivity contribution in [3.8, 4) is 18.4 Å². The Kier molecular flexibility index (Phi) is 4.39. The van der Waals surface area contributed by atoms with Gasteiger partial charge in [-0.1, -0.05) is 0 Å². The zero-order valence-corrected chi connectivity index (χ0v) is 9.53. The molecule has 0 saturated carbocycles. The molecule has 1 aromatic heterocycles. The van der Waals surface area contributed by atoms with Gasteiger partial charge in [0.15, 0.2) is 0 Å². The lowest BCUT2D eigenvalue weighted by atomic mass is 10.2. The largest absolute Gasteiger partial charge is 0.480 e. The predicted octanol–water partition coefficient (Wildman–Crippen LogP) is 0.750. The maximum absolute atomic E-state index is 10.9. The molecule has 0 saturated heterocycles. The number of aliphatic carboxylic acids is 1. The maximum Gasteiger partial charge on any atom is 0.328 e. The first-order chi connectivity index (χ1) is 9.01. The first-order valence-corrected chi connectivity index (χ1v) is 4.97. The number of carboxylic acids is 1. The van der Waals surface area contributed by atoms with Crippen LogP contribution in [0, 0.1) is 33.8 Å². The highest BCUT2D eigenvalue weighted by molar-refractivity contribution is 5.79. The summed E-state index contributed by atoms with van der Waals surface area (Å²) in [6.45, 7) is 0. The summed E-state index contributed by atoms with van der Waals surface area (Å²) in [6, 6.07) is 1.59. The summed E-state index contributed by atoms with van der Waals surface area (Å²) in [5.41, 5.74) is -0.791. The quantitative estimate of drug-likeness (QED) is 0.454. The third-order valence-electron chi connectivity index (χ3n) is 2.16. The maximum atomic E-state index is 10.9. The molecule has 8 heteroatoms. The van der Waals surface area contributed by atoms with Gasteiger partial charge in [0.1, 0.15) is 17.7 Å². The molecule has 1 unspecified atom stereocenters. The van der Waals surface area contributed by atoms with Crippen molar-refractivity contribution in [1.29, 1.82) is 5.26 Å². The van der Waals surface area contributed by atoms with E-state index in [0.29, 0.717) is 0 Å². The number of pyridine rings is 1. The molecule has 0 spiro atoms. The number of nitrogens with one attached hydrogen (secondary N) is 1. The highest BCUT2D eigenvalue weighted by Gasteiger charge is 2.25. The minimum atomic E-state index is -1.27. The Morgan fingerprint density at radius 3 is 2.89 bits per heavy atom. The van der Waals surface area contributed by atoms with E-state index < -0.39 is 22.6 Å². The number of hydrogen-bond acceptors (Lipinski definition) is 6. The molecule has 1 aromatic rings. The summed E-state index contributed by atoms with van der Waals surface area (Å²) in [5, 5.41) is 30.9. The fourth-order valence-electron chi connectivity index (χ4n) is 1.32. The van der Waals surface area contributed by atoms with Gasteiger partial charge in [0.25, 0.3) is 0 Å². The molecular formula is C11H8N4O4. The zero-order chi connectivity index (χ0) is 14.4. The third-order valence-corrected chi connectivity index (χ3v) is 2.16. The Hall–Kier alpha value is -3.13. The normalized spacial score (nSPS) is 10.8. The van der Waals surface area contributed by atoms with Crippen LogP contribution in [-0.2, 0) is 4.79 Å². The molecule has 1 heterocycles. The number of anilines is 1. The number of rotatable bonds is 5. The zero-order valence-electron chi connectivity index (χ0n) is 9.53. The minimum absolute atomic E-state index is 0.176. The molecule has 0 aliphatic carbocycles. The number of nitriles is 1. The number of aromatic nitrogens is 1. The van der Waals surface area contributed by atoms with Crippen molar-refractivity contribution in [2.24, 2.45) is 0 Å². The summed E-state index contributed by atoms with van der Waals surface area (Å²) in [4.78, 5) is 24.7. The van der Waals surface area contributed by atoms with Crippen molar-refractivity contribution in [3.63, 3.8) is 0 Å². The van der Waals surface area contributed by atoms with Gasteiger partial charge in [-0.3, -0.25) is 10.1 Å². The van der Waals surface area contributed by atoms with Crippen LogP contribution in [0.15, 0.2) is 12.3 Å². The van der Waals surface area contributed by atoms with Gasteiger partial charge < -0.3 is 10.4 Å². The van der Waals surface area contributed by atoms with E-state index >= 15 is 0 Å². The van der Waals surface area contributed by atoms with E-state index in [4.69, 9.17) is 16.8 Å². The monoisotopic (exact) mass is 260 g/mol. The van der Waals surface area contributed by atoms with Gasteiger partial charge in [-0.05, 0) is 6.07 Å². The van der Waals surface area contributed by atoms with E-state index in [0.717, 1.165) is 0 Å². The number of carboxylic acid groups (broad SMARTS) is 1. The van der Waals surface area contributed by atoms with Crippen LogP contribution in [0.2, 0.25) is 0 Å². The molecular weight excluding hydrogens is 252 g/mol. The number of terminal acetylenes is 1. The molecule has 0 fully saturated rings. The van der Waals surface area contributed by atoms with Gasteiger partial charge in [0, 0.05) is 12.6 Å². The Labute approximate surface area is 107 Å². The number of carbonyl (C=O) groups is 1. The van der Waals surface area contributed by atoms with Crippen LogP contribution in [0.25, 0.3) is 0 Å². The van der Waals surface area contributed by atoms with Crippen LogP contribution in [0.3, 0.4) is 0 Å². The number of hydrogen-bond donors (Lipinski definition) is 2. The standard InChI is InChI=1S/C11H8N4O4/c1-2-3-8(11(16)17)14-10-9(15(18)19)7(6-12)4-5-13-10/h1,4-5,8H,3H2,(H,13,14)(H,16,17). The van der Waals surface area contributed by atoms with Crippen molar-refractivity contribution in [2.45, 2.75) is 12.5 Å². The summed E-state index contributed by atoms with van der Waals surface area (Å²) >= 11 is 0. The fourth-order valence-corrected chi connectivity index (χ4v) is 1.32. The molecule has 8 nitrogen and oxygen atoms in total. The van der Waals surface area contributed by atoms with Crippen molar-refractivity contribution in [1.82, 2.24) is 4.98 Å². The lowest BCUT2D eigenvalue weighted by Gasteiger charge is -2.12. The first-order valence-electron chi connectivity index (χ1n) is 4.97. The van der Waals surface area contributed by atoms with Crippen LogP contribution in [0.4, 0.5) is 11.5 Å². The van der Waals surface area contributed by atoms with Crippen molar-refractivity contribution in [3.05, 3.63) is 27.9 Å². The van der Waals surface area contributed by atoms with Crippen LogP contribution in [0.5, 0.6) is 0 Å². The van der Waals surface area contributed by atoms with Crippen molar-refractivity contribution in [2.75, 3.05) is 5.32 Å². The summed E-state index contributed by atoms with van der Waals surface area (Å²) in [6.07, 6.45) is 6.01. The lowest BCUT2D eigenvalue weighted by Crippen LogP contribution is -2.29. The average molecular weight is 260 g/mol. The summed E-state index contributed by atoms with van der Waals surface area (Å²) in [5.74, 6) is 0.574. The van der Waals surface area contributed by atoms with Crippen LogP contribution >= 0.6 is 0 Å². The summed E-state index contributed by atoms with van der Waals surface area (Å²) in [7, 11) is 0. The van der Waals surface area contributed by atoms with Gasteiger partial charge in [0.2, 0.25) is 5.82 Å². The predicted molar refractivity (Wildman–Crippen MR) is 64.1 cm³/mol. The van der Waals surface area contributed by atoms with Gasteiger partial charge in [-0.15, -0.1) is 12.3 Å². The third kappa shape index (κ3) is 3.17. The van der Waals surface area contributed by atoms with E-state index in [2.05, 4.69) is 16.2 Å². The van der Waals surface area contributed by atoms with E-state index in [1.165, 1.54) is 12.3 Å². The molecule has 0 aromatic carbocycles. The highest BCUT2D eigenvalue weighted by atomic mass is 16.6. The van der Waals surface area contributed by atoms with Crippen LogP contribution in [-0.4, -0.2) is 27.0 Å². The second kappa shape index (κ2) is 5.98. The van der Waals surface area contributed by atoms with Gasteiger partial charge in [-0.25, -0.2) is 9.78 Å². The molecule has 0 radical (unpaired) electrons. The van der Waals surface area contributed by atoms with E-state index in [9.17, 15) is 14.9 Å². The fraction of sp³-hybridized carbons (Fsp3) is 0.182. The second-order valence-electron chi connectivity index (χ2n) is 3.37. The van der Waals surface area contributed by atoms with Gasteiger partial charge >= 0.3 is 11.7 Å². The molecule has 2 N–H and O–H groups in total. The average Bonchev–Trinajstić information content (AvgIpc) is 2.37. The number of nitrogens with zero attached hydrogens (tertiary/aromatic N) is 3. The van der Waals surface area contributed by atoms with Crippen molar-refractivity contribution < 1.29 is 14.8 Å². The van der Waals surface area contributed by atoms with E-state index in [1.807, 2.05) is 0 Å². The van der Waals surface area contributed by atoms with Crippen LogP contribution in [0.1, 0.15) is 12.0 Å². The Morgan fingerprint density at radius 2 is 2.42 bits per heavy atom. The molecule has 0 amide bonds. The molecule has 96 valence electrons. The van der Waals surface area contributed by atoms with Crippen LogP contribution < -0.4 is 5.32 Å². The second-order valence-corrected chi connectivity index (χ2v) is 3.37. The van der Waals surface area contributed by atoms with Gasteiger partial charge in [-0.2, -0.15) is 5.26 Å². The SMILES string of the molecule is C#CCC(Nc1nccc(C#N)c1[N+](=O)[O-])C(=O)O. The lowest BCUT2D eigenvalue weighted by molar-refractivity contribution is -0.384. The summed E-state index contributed by atoms with van der Waals surface area (Å²) < 4.78 is 0. The smallest absolute Gasteiger partial charge is 0.328 e. The van der Waals surface area contributed by atoms with Gasteiger partial charge in [0.05, 0.1) is 4.92 Å². The molecule has 0 bridgehead atoms.